The van der Waals surface area contributed by atoms with Crippen LogP contribution in [0, 0.1) is 0 Å². The van der Waals surface area contributed by atoms with Crippen LogP contribution in [-0.4, -0.2) is 27.0 Å². The van der Waals surface area contributed by atoms with E-state index in [1.807, 2.05) is 10.9 Å². The molecule has 0 amide bonds. The second-order valence-electron chi connectivity index (χ2n) is 4.45. The summed E-state index contributed by atoms with van der Waals surface area (Å²) >= 11 is 0. The first-order valence-electron chi connectivity index (χ1n) is 6.00. The van der Waals surface area contributed by atoms with Gasteiger partial charge in [-0.1, -0.05) is 6.92 Å². The van der Waals surface area contributed by atoms with Crippen molar-refractivity contribution in [1.82, 2.24) is 15.1 Å². The Kier molecular flexibility index (Phi) is 4.96. The molecule has 4 nitrogen and oxygen atoms in total. The molecule has 0 fully saturated rings. The molecule has 1 aromatic heterocycles. The summed E-state index contributed by atoms with van der Waals surface area (Å²) in [5, 5.41) is 16.7. The van der Waals surface area contributed by atoms with E-state index in [-0.39, 0.29) is 12.1 Å². The summed E-state index contributed by atoms with van der Waals surface area (Å²) in [7, 11) is 0. The molecule has 0 spiro atoms. The molecular formula is C12H23N3O. The fourth-order valence-electron chi connectivity index (χ4n) is 1.62. The van der Waals surface area contributed by atoms with Gasteiger partial charge in [-0.3, -0.25) is 4.68 Å². The van der Waals surface area contributed by atoms with E-state index in [1.54, 1.807) is 0 Å². The Bertz CT molecular complexity index is 311. The monoisotopic (exact) mass is 225 g/mol. The lowest BCUT2D eigenvalue weighted by molar-refractivity contribution is 0.214. The summed E-state index contributed by atoms with van der Waals surface area (Å²) in [4.78, 5) is 0. The van der Waals surface area contributed by atoms with Crippen LogP contribution in [0.15, 0.2) is 12.4 Å². The SMILES string of the molecule is CCn1cc(CNC(C)(CC)CCO)cn1. The summed E-state index contributed by atoms with van der Waals surface area (Å²) < 4.78 is 1.92. The highest BCUT2D eigenvalue weighted by atomic mass is 16.3. The van der Waals surface area contributed by atoms with Crippen molar-refractivity contribution in [3.63, 3.8) is 0 Å². The molecule has 0 aliphatic heterocycles. The zero-order valence-corrected chi connectivity index (χ0v) is 10.5. The van der Waals surface area contributed by atoms with E-state index >= 15 is 0 Å². The number of nitrogens with one attached hydrogen (secondary N) is 1. The van der Waals surface area contributed by atoms with Gasteiger partial charge >= 0.3 is 0 Å². The van der Waals surface area contributed by atoms with Crippen molar-refractivity contribution in [2.75, 3.05) is 6.61 Å². The summed E-state index contributed by atoms with van der Waals surface area (Å²) in [6.07, 6.45) is 5.74. The van der Waals surface area contributed by atoms with Gasteiger partial charge < -0.3 is 10.4 Å². The third-order valence-corrected chi connectivity index (χ3v) is 3.17. The lowest BCUT2D eigenvalue weighted by atomic mass is 9.95. The van der Waals surface area contributed by atoms with Gasteiger partial charge in [0.1, 0.15) is 0 Å². The Balaban J connectivity index is 2.48. The lowest BCUT2D eigenvalue weighted by Crippen LogP contribution is -2.41. The van der Waals surface area contributed by atoms with Crippen LogP contribution in [-0.2, 0) is 13.1 Å². The predicted octanol–water partition coefficient (Wildman–Crippen LogP) is 1.54. The molecule has 0 aliphatic rings. The molecule has 0 bridgehead atoms. The highest BCUT2D eigenvalue weighted by Crippen LogP contribution is 2.14. The largest absolute Gasteiger partial charge is 0.396 e. The minimum Gasteiger partial charge on any atom is -0.396 e. The van der Waals surface area contributed by atoms with Crippen molar-refractivity contribution in [3.05, 3.63) is 18.0 Å². The van der Waals surface area contributed by atoms with Gasteiger partial charge in [0.25, 0.3) is 0 Å². The Hall–Kier alpha value is -0.870. The van der Waals surface area contributed by atoms with Crippen molar-refractivity contribution in [3.8, 4) is 0 Å². The first-order chi connectivity index (χ1) is 7.63. The molecule has 0 aromatic carbocycles. The number of nitrogens with zero attached hydrogens (tertiary/aromatic N) is 2. The number of hydrogen-bond donors (Lipinski definition) is 2. The average molecular weight is 225 g/mol. The van der Waals surface area contributed by atoms with Gasteiger partial charge in [-0.25, -0.2) is 0 Å². The number of aliphatic hydroxyl groups excluding tert-OH is 1. The Morgan fingerprint density at radius 1 is 1.50 bits per heavy atom. The van der Waals surface area contributed by atoms with Gasteiger partial charge in [-0.05, 0) is 26.7 Å². The molecular weight excluding hydrogens is 202 g/mol. The number of aromatic nitrogens is 2. The van der Waals surface area contributed by atoms with E-state index in [9.17, 15) is 0 Å². The molecule has 1 heterocycles. The van der Waals surface area contributed by atoms with Crippen LogP contribution in [0.25, 0.3) is 0 Å². The normalized spacial score (nSPS) is 15.0. The van der Waals surface area contributed by atoms with E-state index in [1.165, 1.54) is 5.56 Å². The van der Waals surface area contributed by atoms with Crippen molar-refractivity contribution in [2.24, 2.45) is 0 Å². The van der Waals surface area contributed by atoms with E-state index in [2.05, 4.69) is 37.4 Å². The molecule has 1 rings (SSSR count). The number of hydrogen-bond acceptors (Lipinski definition) is 3. The maximum Gasteiger partial charge on any atom is 0.0534 e. The highest BCUT2D eigenvalue weighted by Gasteiger charge is 2.20. The molecule has 1 atom stereocenters. The smallest absolute Gasteiger partial charge is 0.0534 e. The minimum atomic E-state index is 0.0169. The second-order valence-corrected chi connectivity index (χ2v) is 4.45. The molecule has 92 valence electrons. The number of aryl methyl sites for hydroxylation is 1. The summed E-state index contributed by atoms with van der Waals surface area (Å²) in [6.45, 7) is 8.30. The molecule has 16 heavy (non-hydrogen) atoms. The van der Waals surface area contributed by atoms with E-state index in [4.69, 9.17) is 5.11 Å². The van der Waals surface area contributed by atoms with E-state index < -0.39 is 0 Å². The highest BCUT2D eigenvalue weighted by molar-refractivity contribution is 5.04. The van der Waals surface area contributed by atoms with Crippen molar-refractivity contribution >= 4 is 0 Å². The lowest BCUT2D eigenvalue weighted by Gasteiger charge is -2.28. The molecule has 0 saturated carbocycles. The molecule has 0 aliphatic carbocycles. The van der Waals surface area contributed by atoms with Gasteiger partial charge in [0, 0.05) is 37.0 Å². The van der Waals surface area contributed by atoms with Gasteiger partial charge in [0.15, 0.2) is 0 Å². The summed E-state index contributed by atoms with van der Waals surface area (Å²) in [5.74, 6) is 0. The van der Waals surface area contributed by atoms with Crippen LogP contribution >= 0.6 is 0 Å². The van der Waals surface area contributed by atoms with Gasteiger partial charge in [-0.2, -0.15) is 5.10 Å². The zero-order chi connectivity index (χ0) is 12.0. The third kappa shape index (κ3) is 3.61. The third-order valence-electron chi connectivity index (χ3n) is 3.17. The standard InChI is InChI=1S/C12H23N3O/c1-4-12(3,6-7-16)13-8-11-9-14-15(5-2)10-11/h9-10,13,16H,4-8H2,1-3H3. The van der Waals surface area contributed by atoms with Crippen molar-refractivity contribution in [2.45, 2.75) is 52.2 Å². The topological polar surface area (TPSA) is 50.1 Å². The quantitative estimate of drug-likeness (QED) is 0.740. The summed E-state index contributed by atoms with van der Waals surface area (Å²) in [6, 6.07) is 0. The Morgan fingerprint density at radius 3 is 2.75 bits per heavy atom. The molecule has 0 saturated heterocycles. The molecule has 4 heteroatoms. The molecule has 2 N–H and O–H groups in total. The van der Waals surface area contributed by atoms with Crippen molar-refractivity contribution < 1.29 is 5.11 Å². The summed E-state index contributed by atoms with van der Waals surface area (Å²) in [5.41, 5.74) is 1.21. The molecule has 0 radical (unpaired) electrons. The Morgan fingerprint density at radius 2 is 2.25 bits per heavy atom. The number of rotatable bonds is 7. The predicted molar refractivity (Wildman–Crippen MR) is 65.1 cm³/mol. The van der Waals surface area contributed by atoms with Crippen LogP contribution in [0.5, 0.6) is 0 Å². The van der Waals surface area contributed by atoms with Crippen molar-refractivity contribution in [1.29, 1.82) is 0 Å². The molecule has 1 aromatic rings. The maximum absolute atomic E-state index is 9.02. The van der Waals surface area contributed by atoms with Gasteiger partial charge in [0.05, 0.1) is 6.20 Å². The first-order valence-corrected chi connectivity index (χ1v) is 6.00. The van der Waals surface area contributed by atoms with Crippen LogP contribution < -0.4 is 5.32 Å². The van der Waals surface area contributed by atoms with E-state index in [0.29, 0.717) is 0 Å². The fraction of sp³-hybridized carbons (Fsp3) is 0.750. The maximum atomic E-state index is 9.02. The van der Waals surface area contributed by atoms with Gasteiger partial charge in [-0.15, -0.1) is 0 Å². The van der Waals surface area contributed by atoms with E-state index in [0.717, 1.165) is 25.9 Å². The molecule has 1 unspecified atom stereocenters. The number of aliphatic hydroxyl groups is 1. The average Bonchev–Trinajstić information content (AvgIpc) is 2.75. The van der Waals surface area contributed by atoms with Crippen LogP contribution in [0.3, 0.4) is 0 Å². The minimum absolute atomic E-state index is 0.0169. The first kappa shape index (κ1) is 13.2. The van der Waals surface area contributed by atoms with Gasteiger partial charge in [0.2, 0.25) is 0 Å². The Labute approximate surface area is 97.7 Å². The van der Waals surface area contributed by atoms with Crippen LogP contribution in [0.1, 0.15) is 39.2 Å². The fourth-order valence-corrected chi connectivity index (χ4v) is 1.62. The second kappa shape index (κ2) is 6.01. The zero-order valence-electron chi connectivity index (χ0n) is 10.5. The van der Waals surface area contributed by atoms with Crippen LogP contribution in [0.2, 0.25) is 0 Å². The van der Waals surface area contributed by atoms with Crippen LogP contribution in [0.4, 0.5) is 0 Å².